The van der Waals surface area contributed by atoms with E-state index in [-0.39, 0.29) is 24.5 Å². The number of halogens is 1. The van der Waals surface area contributed by atoms with Crippen LogP contribution in [0.15, 0.2) is 71.2 Å². The van der Waals surface area contributed by atoms with Crippen LogP contribution >= 0.6 is 15.9 Å². The molecule has 3 aromatic rings. The molecule has 0 saturated carbocycles. The number of aliphatic carboxylic acids is 1. The third-order valence-electron chi connectivity index (χ3n) is 5.80. The summed E-state index contributed by atoms with van der Waals surface area (Å²) < 4.78 is 6.16. The summed E-state index contributed by atoms with van der Waals surface area (Å²) in [5.41, 5.74) is 4.23. The molecule has 0 aliphatic heterocycles. The second-order valence-electron chi connectivity index (χ2n) is 9.09. The number of hydrogen-bond donors (Lipinski definition) is 3. The van der Waals surface area contributed by atoms with E-state index in [2.05, 4.69) is 38.7 Å². The van der Waals surface area contributed by atoms with Gasteiger partial charge in [0, 0.05) is 27.2 Å². The molecule has 1 aliphatic carbocycles. The van der Waals surface area contributed by atoms with Gasteiger partial charge in [0.15, 0.2) is 0 Å². The topological polar surface area (TPSA) is 105 Å². The molecule has 0 atom stereocenters. The van der Waals surface area contributed by atoms with Crippen molar-refractivity contribution in [2.45, 2.75) is 31.7 Å². The summed E-state index contributed by atoms with van der Waals surface area (Å²) >= 11 is 3.35. The highest BCUT2D eigenvalue weighted by Crippen LogP contribution is 2.44. The fourth-order valence-electron chi connectivity index (χ4n) is 4.35. The number of carboxylic acids is 1. The van der Waals surface area contributed by atoms with Gasteiger partial charge < -0.3 is 15.2 Å². The van der Waals surface area contributed by atoms with Gasteiger partial charge in [-0.05, 0) is 54.3 Å². The largest absolute Gasteiger partial charge is 0.481 e. The van der Waals surface area contributed by atoms with Crippen LogP contribution in [0.3, 0.4) is 0 Å². The van der Waals surface area contributed by atoms with Gasteiger partial charge in [0.25, 0.3) is 5.91 Å². The number of hydrogen-bond acceptors (Lipinski definition) is 4. The normalized spacial score (nSPS) is 12.4. The number of fused-ring (bicyclic) bond motifs is 3. The van der Waals surface area contributed by atoms with Crippen LogP contribution in [0.25, 0.3) is 11.1 Å². The van der Waals surface area contributed by atoms with Crippen molar-refractivity contribution in [1.82, 2.24) is 5.32 Å². The van der Waals surface area contributed by atoms with E-state index < -0.39 is 23.5 Å². The molecule has 1 aliphatic rings. The van der Waals surface area contributed by atoms with Gasteiger partial charge in [-0.2, -0.15) is 0 Å². The van der Waals surface area contributed by atoms with Crippen LogP contribution in [0.1, 0.15) is 47.7 Å². The molecular weight excluding hydrogens is 512 g/mol. The van der Waals surface area contributed by atoms with E-state index in [1.54, 1.807) is 26.0 Å². The van der Waals surface area contributed by atoms with E-state index in [1.165, 1.54) is 6.07 Å². The quantitative estimate of drug-likeness (QED) is 0.354. The molecule has 0 saturated heterocycles. The minimum absolute atomic E-state index is 0.0616. The summed E-state index contributed by atoms with van der Waals surface area (Å²) in [6, 6.07) is 20.9. The Kier molecular flexibility index (Phi) is 6.93. The van der Waals surface area contributed by atoms with Crippen molar-refractivity contribution in [3.63, 3.8) is 0 Å². The summed E-state index contributed by atoms with van der Waals surface area (Å²) in [6.45, 7) is 3.43. The molecule has 0 heterocycles. The molecular formula is C27H25BrN2O5. The molecule has 0 radical (unpaired) electrons. The van der Waals surface area contributed by atoms with Gasteiger partial charge in [-0.15, -0.1) is 0 Å². The summed E-state index contributed by atoms with van der Waals surface area (Å²) in [5, 5.41) is 14.4. The first-order valence-electron chi connectivity index (χ1n) is 11.1. The molecule has 0 aromatic heterocycles. The SMILES string of the molecule is CC(C)(CC(=O)O)NC(=O)c1cc(Br)cc(NC(=O)OCC2c3ccccc3-c3ccccc32)c1. The Balaban J connectivity index is 1.43. The first kappa shape index (κ1) is 24.5. The first-order valence-corrected chi connectivity index (χ1v) is 11.9. The molecule has 2 amide bonds. The first-order chi connectivity index (χ1) is 16.6. The summed E-state index contributed by atoms with van der Waals surface area (Å²) in [7, 11) is 0. The Morgan fingerprint density at radius 3 is 2.17 bits per heavy atom. The third kappa shape index (κ3) is 5.71. The fraction of sp³-hybridized carbons (Fsp3) is 0.222. The van der Waals surface area contributed by atoms with Crippen molar-refractivity contribution in [1.29, 1.82) is 0 Å². The Morgan fingerprint density at radius 2 is 1.57 bits per heavy atom. The van der Waals surface area contributed by atoms with Gasteiger partial charge in [-0.25, -0.2) is 4.79 Å². The molecule has 3 N–H and O–H groups in total. The van der Waals surface area contributed by atoms with Crippen LogP contribution in [0.2, 0.25) is 0 Å². The lowest BCUT2D eigenvalue weighted by molar-refractivity contribution is -0.138. The predicted molar refractivity (Wildman–Crippen MR) is 137 cm³/mol. The smallest absolute Gasteiger partial charge is 0.411 e. The van der Waals surface area contributed by atoms with Crippen LogP contribution in [-0.4, -0.2) is 35.2 Å². The zero-order chi connectivity index (χ0) is 25.2. The Morgan fingerprint density at radius 1 is 0.971 bits per heavy atom. The molecule has 8 heteroatoms. The fourth-order valence-corrected chi connectivity index (χ4v) is 4.84. The molecule has 0 fully saturated rings. The maximum atomic E-state index is 12.7. The third-order valence-corrected chi connectivity index (χ3v) is 6.25. The van der Waals surface area contributed by atoms with Gasteiger partial charge in [-0.1, -0.05) is 64.5 Å². The monoisotopic (exact) mass is 536 g/mol. The van der Waals surface area contributed by atoms with Crippen molar-refractivity contribution in [3.05, 3.63) is 87.9 Å². The minimum atomic E-state index is -1.01. The van der Waals surface area contributed by atoms with E-state index >= 15 is 0 Å². The van der Waals surface area contributed by atoms with E-state index in [1.807, 2.05) is 36.4 Å². The van der Waals surface area contributed by atoms with Gasteiger partial charge in [0.05, 0.1) is 6.42 Å². The molecule has 0 bridgehead atoms. The zero-order valence-corrected chi connectivity index (χ0v) is 20.9. The number of ether oxygens (including phenoxy) is 1. The van der Waals surface area contributed by atoms with Crippen molar-refractivity contribution >= 4 is 39.6 Å². The highest BCUT2D eigenvalue weighted by atomic mass is 79.9. The highest BCUT2D eigenvalue weighted by molar-refractivity contribution is 9.10. The number of benzene rings is 3. The van der Waals surface area contributed by atoms with E-state index in [4.69, 9.17) is 9.84 Å². The summed E-state index contributed by atoms with van der Waals surface area (Å²) in [4.78, 5) is 36.4. The van der Waals surface area contributed by atoms with Gasteiger partial charge in [0.2, 0.25) is 0 Å². The Hall–Kier alpha value is -3.65. The van der Waals surface area contributed by atoms with Crippen LogP contribution in [0.4, 0.5) is 10.5 Å². The summed E-state index contributed by atoms with van der Waals surface area (Å²) in [6.07, 6.45) is -0.861. The number of carbonyl (C=O) groups is 3. The number of amides is 2. The predicted octanol–water partition coefficient (Wildman–Crippen LogP) is 5.79. The van der Waals surface area contributed by atoms with E-state index in [0.29, 0.717) is 10.2 Å². The maximum absolute atomic E-state index is 12.7. The Labute approximate surface area is 211 Å². The highest BCUT2D eigenvalue weighted by Gasteiger charge is 2.29. The minimum Gasteiger partial charge on any atom is -0.481 e. The second-order valence-corrected chi connectivity index (χ2v) is 10.0. The molecule has 4 rings (SSSR count). The average molecular weight is 537 g/mol. The summed E-state index contributed by atoms with van der Waals surface area (Å²) in [5.74, 6) is -1.52. The van der Waals surface area contributed by atoms with Crippen LogP contribution in [0, 0.1) is 0 Å². The zero-order valence-electron chi connectivity index (χ0n) is 19.3. The lowest BCUT2D eigenvalue weighted by Crippen LogP contribution is -2.44. The number of carbonyl (C=O) groups excluding carboxylic acids is 2. The number of anilines is 1. The second kappa shape index (κ2) is 9.92. The molecule has 0 unspecified atom stereocenters. The van der Waals surface area contributed by atoms with Crippen molar-refractivity contribution < 1.29 is 24.2 Å². The van der Waals surface area contributed by atoms with Crippen LogP contribution in [0.5, 0.6) is 0 Å². The molecule has 180 valence electrons. The van der Waals surface area contributed by atoms with E-state index in [0.717, 1.165) is 22.3 Å². The molecule has 0 spiro atoms. The van der Waals surface area contributed by atoms with Crippen LogP contribution in [-0.2, 0) is 9.53 Å². The van der Waals surface area contributed by atoms with Gasteiger partial charge in [0.1, 0.15) is 6.61 Å². The van der Waals surface area contributed by atoms with Gasteiger partial charge in [-0.3, -0.25) is 14.9 Å². The standard InChI is InChI=1S/C27H25BrN2O5/c1-27(2,14-24(31)32)30-25(33)16-11-17(28)13-18(12-16)29-26(34)35-15-23-21-9-5-3-7-19(21)20-8-4-6-10-22(20)23/h3-13,23H,14-15H2,1-2H3,(H,29,34)(H,30,33)(H,31,32). The van der Waals surface area contributed by atoms with Crippen molar-refractivity contribution in [2.24, 2.45) is 0 Å². The lowest BCUT2D eigenvalue weighted by atomic mass is 9.98. The van der Waals surface area contributed by atoms with Crippen molar-refractivity contribution in [2.75, 3.05) is 11.9 Å². The maximum Gasteiger partial charge on any atom is 0.411 e. The van der Waals surface area contributed by atoms with Gasteiger partial charge >= 0.3 is 12.1 Å². The number of rotatable bonds is 7. The average Bonchev–Trinajstić information content (AvgIpc) is 3.10. The van der Waals surface area contributed by atoms with E-state index in [9.17, 15) is 14.4 Å². The van der Waals surface area contributed by atoms with Crippen molar-refractivity contribution in [3.8, 4) is 11.1 Å². The number of nitrogens with one attached hydrogen (secondary N) is 2. The molecule has 35 heavy (non-hydrogen) atoms. The Bertz CT molecular complexity index is 1260. The molecule has 3 aromatic carbocycles. The van der Waals surface area contributed by atoms with Crippen LogP contribution < -0.4 is 10.6 Å². The lowest BCUT2D eigenvalue weighted by Gasteiger charge is -2.24. The molecule has 7 nitrogen and oxygen atoms in total. The number of carboxylic acid groups (broad SMARTS) is 1.